The molecule has 0 aliphatic rings. The van der Waals surface area contributed by atoms with Crippen molar-refractivity contribution >= 4 is 11.8 Å². The van der Waals surface area contributed by atoms with E-state index in [0.29, 0.717) is 16.8 Å². The van der Waals surface area contributed by atoms with Crippen LogP contribution < -0.4 is 15.4 Å². The van der Waals surface area contributed by atoms with Gasteiger partial charge in [-0.2, -0.15) is 0 Å². The molecule has 0 spiro atoms. The topological polar surface area (TPSA) is 114 Å². The summed E-state index contributed by atoms with van der Waals surface area (Å²) in [5.74, 6) is -1.49. The molecular formula is C29H26F3N3O5. The van der Waals surface area contributed by atoms with Gasteiger partial charge < -0.3 is 25.0 Å². The number of aliphatic hydroxyl groups is 1. The highest BCUT2D eigenvalue weighted by molar-refractivity contribution is 6.01. The lowest BCUT2D eigenvalue weighted by Crippen LogP contribution is -2.51. The van der Waals surface area contributed by atoms with Crippen LogP contribution in [0.5, 0.6) is 5.75 Å². The molecule has 0 aliphatic heterocycles. The van der Waals surface area contributed by atoms with Crippen LogP contribution in [0, 0.1) is 6.92 Å². The van der Waals surface area contributed by atoms with E-state index in [1.165, 1.54) is 12.1 Å². The number of aliphatic hydroxyl groups excluding tert-OH is 1. The lowest BCUT2D eigenvalue weighted by molar-refractivity contribution is -0.274. The van der Waals surface area contributed by atoms with Gasteiger partial charge in [-0.25, -0.2) is 0 Å². The predicted molar refractivity (Wildman–Crippen MR) is 139 cm³/mol. The van der Waals surface area contributed by atoms with Gasteiger partial charge in [-0.15, -0.1) is 13.2 Å². The molecule has 2 amide bonds. The SMILES string of the molecule is Cc1noc(-c2ccccc2)c1C(=O)NC(Cc1ccccc1)C(O)C(=O)NCc1ccc(OC(F)(F)F)cc1. The fraction of sp³-hybridized carbons (Fsp3) is 0.207. The second kappa shape index (κ2) is 12.5. The van der Waals surface area contributed by atoms with Crippen molar-refractivity contribution in [1.82, 2.24) is 15.8 Å². The summed E-state index contributed by atoms with van der Waals surface area (Å²) in [5.41, 5.74) is 2.40. The third-order valence-corrected chi connectivity index (χ3v) is 6.01. The van der Waals surface area contributed by atoms with E-state index in [9.17, 15) is 27.9 Å². The molecule has 2 unspecified atom stereocenters. The first-order chi connectivity index (χ1) is 19.1. The average Bonchev–Trinajstić information content (AvgIpc) is 3.33. The molecule has 0 saturated carbocycles. The number of hydrogen-bond donors (Lipinski definition) is 3. The van der Waals surface area contributed by atoms with Gasteiger partial charge in [0.1, 0.15) is 11.3 Å². The van der Waals surface area contributed by atoms with Crippen LogP contribution in [-0.4, -0.2) is 40.6 Å². The first-order valence-electron chi connectivity index (χ1n) is 12.3. The van der Waals surface area contributed by atoms with Gasteiger partial charge in [0.2, 0.25) is 0 Å². The van der Waals surface area contributed by atoms with E-state index in [1.807, 2.05) is 12.1 Å². The minimum Gasteiger partial charge on any atom is -0.406 e. The maximum Gasteiger partial charge on any atom is 0.573 e. The van der Waals surface area contributed by atoms with Crippen LogP contribution in [0.15, 0.2) is 89.5 Å². The maximum atomic E-state index is 13.4. The van der Waals surface area contributed by atoms with Crippen molar-refractivity contribution in [1.29, 1.82) is 0 Å². The maximum absolute atomic E-state index is 13.4. The fourth-order valence-electron chi connectivity index (χ4n) is 4.06. The molecule has 0 bridgehead atoms. The lowest BCUT2D eigenvalue weighted by Gasteiger charge is -2.24. The minimum atomic E-state index is -4.81. The summed E-state index contributed by atoms with van der Waals surface area (Å²) < 4.78 is 46.4. The van der Waals surface area contributed by atoms with Crippen molar-refractivity contribution in [2.24, 2.45) is 0 Å². The van der Waals surface area contributed by atoms with Gasteiger partial charge >= 0.3 is 6.36 Å². The van der Waals surface area contributed by atoms with Gasteiger partial charge in [-0.05, 0) is 36.6 Å². The van der Waals surface area contributed by atoms with Gasteiger partial charge in [-0.1, -0.05) is 78.0 Å². The van der Waals surface area contributed by atoms with Crippen molar-refractivity contribution in [3.05, 3.63) is 107 Å². The highest BCUT2D eigenvalue weighted by Crippen LogP contribution is 2.26. The summed E-state index contributed by atoms with van der Waals surface area (Å²) in [4.78, 5) is 26.3. The van der Waals surface area contributed by atoms with Crippen molar-refractivity contribution in [3.63, 3.8) is 0 Å². The number of benzene rings is 3. The summed E-state index contributed by atoms with van der Waals surface area (Å²) in [6, 6.07) is 21.9. The summed E-state index contributed by atoms with van der Waals surface area (Å²) in [6.07, 6.45) is -6.34. The van der Waals surface area contributed by atoms with Crippen LogP contribution in [0.1, 0.15) is 27.2 Å². The highest BCUT2D eigenvalue weighted by atomic mass is 19.4. The molecule has 0 aliphatic carbocycles. The molecular weight excluding hydrogens is 527 g/mol. The van der Waals surface area contributed by atoms with E-state index in [-0.39, 0.29) is 24.3 Å². The zero-order valence-corrected chi connectivity index (χ0v) is 21.3. The van der Waals surface area contributed by atoms with Crippen molar-refractivity contribution in [2.75, 3.05) is 0 Å². The molecule has 2 atom stereocenters. The number of carbonyl (C=O) groups is 2. The quantitative estimate of drug-likeness (QED) is 0.265. The Labute approximate surface area is 227 Å². The van der Waals surface area contributed by atoms with E-state index in [4.69, 9.17) is 4.52 Å². The van der Waals surface area contributed by atoms with E-state index < -0.39 is 36.1 Å². The standard InChI is InChI=1S/C29H26F3N3O5/c1-18-24(26(40-35-18)21-10-6-3-7-11-21)27(37)34-23(16-19-8-4-2-5-9-19)25(36)28(38)33-17-20-12-14-22(15-13-20)39-29(30,31)32/h2-15,23,25,36H,16-17H2,1H3,(H,33,38)(H,34,37). The number of carbonyl (C=O) groups excluding carboxylic acids is 2. The third-order valence-electron chi connectivity index (χ3n) is 6.01. The minimum absolute atomic E-state index is 0.0723. The molecule has 208 valence electrons. The molecule has 0 radical (unpaired) electrons. The summed E-state index contributed by atoms with van der Waals surface area (Å²) in [7, 11) is 0. The number of nitrogens with zero attached hydrogens (tertiary/aromatic N) is 1. The van der Waals surface area contributed by atoms with Gasteiger partial charge in [-0.3, -0.25) is 9.59 Å². The molecule has 4 rings (SSSR count). The molecule has 1 aromatic heterocycles. The predicted octanol–water partition coefficient (Wildman–Crippen LogP) is 4.57. The van der Waals surface area contributed by atoms with Crippen LogP contribution in [0.2, 0.25) is 0 Å². The summed E-state index contributed by atoms with van der Waals surface area (Å²) in [5, 5.41) is 20.2. The third kappa shape index (κ3) is 7.48. The van der Waals surface area contributed by atoms with Gasteiger partial charge in [0, 0.05) is 12.1 Å². The zero-order chi connectivity index (χ0) is 28.7. The Morgan fingerprint density at radius 3 is 2.20 bits per heavy atom. The Morgan fingerprint density at radius 2 is 1.57 bits per heavy atom. The molecule has 11 heteroatoms. The lowest BCUT2D eigenvalue weighted by atomic mass is 9.99. The summed E-state index contributed by atoms with van der Waals surface area (Å²) >= 11 is 0. The molecule has 3 N–H and O–H groups in total. The number of hydrogen-bond acceptors (Lipinski definition) is 6. The smallest absolute Gasteiger partial charge is 0.406 e. The number of amides is 2. The van der Waals surface area contributed by atoms with E-state index in [1.54, 1.807) is 55.5 Å². The Bertz CT molecular complexity index is 1430. The second-order valence-corrected chi connectivity index (χ2v) is 8.96. The number of aryl methyl sites for hydroxylation is 1. The van der Waals surface area contributed by atoms with Crippen molar-refractivity contribution in [3.8, 4) is 17.1 Å². The monoisotopic (exact) mass is 553 g/mol. The first kappa shape index (κ1) is 28.4. The van der Waals surface area contributed by atoms with E-state index in [2.05, 4.69) is 20.5 Å². The Kier molecular flexibility index (Phi) is 8.85. The van der Waals surface area contributed by atoms with Gasteiger partial charge in [0.05, 0.1) is 11.7 Å². The number of ether oxygens (including phenoxy) is 1. The fourth-order valence-corrected chi connectivity index (χ4v) is 4.06. The van der Waals surface area contributed by atoms with Gasteiger partial charge in [0.25, 0.3) is 11.8 Å². The highest BCUT2D eigenvalue weighted by Gasteiger charge is 2.32. The van der Waals surface area contributed by atoms with Crippen molar-refractivity contribution in [2.45, 2.75) is 38.4 Å². The van der Waals surface area contributed by atoms with Crippen LogP contribution in [0.3, 0.4) is 0 Å². The molecule has 1 heterocycles. The number of aromatic nitrogens is 1. The Balaban J connectivity index is 1.48. The summed E-state index contributed by atoms with van der Waals surface area (Å²) in [6.45, 7) is 1.54. The van der Waals surface area contributed by atoms with Crippen LogP contribution in [0.25, 0.3) is 11.3 Å². The number of rotatable bonds is 10. The number of alkyl halides is 3. The molecule has 3 aromatic carbocycles. The molecule has 40 heavy (non-hydrogen) atoms. The Hall–Kier alpha value is -4.64. The molecule has 8 nitrogen and oxygen atoms in total. The average molecular weight is 554 g/mol. The molecule has 0 saturated heterocycles. The zero-order valence-electron chi connectivity index (χ0n) is 21.3. The van der Waals surface area contributed by atoms with Crippen molar-refractivity contribution < 1.29 is 37.1 Å². The van der Waals surface area contributed by atoms with Crippen LogP contribution in [-0.2, 0) is 17.8 Å². The largest absolute Gasteiger partial charge is 0.573 e. The molecule has 4 aromatic rings. The first-order valence-corrected chi connectivity index (χ1v) is 12.3. The Morgan fingerprint density at radius 1 is 0.950 bits per heavy atom. The van der Waals surface area contributed by atoms with Crippen LogP contribution in [0.4, 0.5) is 13.2 Å². The van der Waals surface area contributed by atoms with E-state index in [0.717, 1.165) is 17.7 Å². The normalized spacial score (nSPS) is 12.8. The second-order valence-electron chi connectivity index (χ2n) is 8.96. The molecule has 0 fully saturated rings. The van der Waals surface area contributed by atoms with Gasteiger partial charge in [0.15, 0.2) is 11.9 Å². The van der Waals surface area contributed by atoms with Crippen LogP contribution >= 0.6 is 0 Å². The number of halogens is 3. The van der Waals surface area contributed by atoms with E-state index >= 15 is 0 Å². The number of nitrogens with one attached hydrogen (secondary N) is 2.